The maximum Gasteiger partial charge on any atom is 0.257 e. The molecule has 0 atom stereocenters. The molecule has 3 N–H and O–H groups in total. The van der Waals surface area contributed by atoms with Crippen molar-refractivity contribution in [2.24, 2.45) is 0 Å². The van der Waals surface area contributed by atoms with Crippen molar-refractivity contribution < 1.29 is 14.7 Å². The van der Waals surface area contributed by atoms with Gasteiger partial charge in [0.2, 0.25) is 0 Å². The quantitative estimate of drug-likeness (QED) is 0.516. The van der Waals surface area contributed by atoms with Gasteiger partial charge in [0.15, 0.2) is 0 Å². The Morgan fingerprint density at radius 1 is 0.933 bits per heavy atom. The molecule has 3 rings (SSSR count). The number of carbonyl (C=O) groups is 2. The van der Waals surface area contributed by atoms with Crippen LogP contribution < -0.4 is 10.6 Å². The Balaban J connectivity index is 1.79. The molecule has 2 amide bonds. The Morgan fingerprint density at radius 2 is 1.63 bits per heavy atom. The molecule has 0 radical (unpaired) electrons. The van der Waals surface area contributed by atoms with Gasteiger partial charge in [0.1, 0.15) is 5.60 Å². The fraction of sp³-hybridized carbons (Fsp3) is 0.136. The molecular formula is C22H19Cl2N3O3. The largest absolute Gasteiger partial charge is 0.381 e. The predicted molar refractivity (Wildman–Crippen MR) is 119 cm³/mol. The van der Waals surface area contributed by atoms with Crippen molar-refractivity contribution in [3.8, 4) is 11.3 Å². The summed E-state index contributed by atoms with van der Waals surface area (Å²) in [5.74, 6) is -1.01. The number of benzene rings is 2. The van der Waals surface area contributed by atoms with Gasteiger partial charge in [0.05, 0.1) is 21.3 Å². The number of nitrogens with one attached hydrogen (secondary N) is 2. The lowest BCUT2D eigenvalue weighted by atomic mass is 10.1. The van der Waals surface area contributed by atoms with E-state index in [2.05, 4.69) is 15.6 Å². The van der Waals surface area contributed by atoms with Crippen LogP contribution in [-0.4, -0.2) is 27.5 Å². The van der Waals surface area contributed by atoms with Crippen LogP contribution in [-0.2, 0) is 4.79 Å². The highest BCUT2D eigenvalue weighted by Gasteiger charge is 2.24. The number of hydrogen-bond acceptors (Lipinski definition) is 4. The molecule has 0 aliphatic rings. The molecule has 154 valence electrons. The first-order chi connectivity index (χ1) is 14.1. The van der Waals surface area contributed by atoms with Crippen molar-refractivity contribution >= 4 is 46.4 Å². The molecule has 2 aromatic carbocycles. The van der Waals surface area contributed by atoms with E-state index < -0.39 is 17.4 Å². The second-order valence-corrected chi connectivity index (χ2v) is 7.89. The van der Waals surface area contributed by atoms with E-state index in [1.807, 2.05) is 12.1 Å². The van der Waals surface area contributed by atoms with Crippen molar-refractivity contribution in [3.63, 3.8) is 0 Å². The highest BCUT2D eigenvalue weighted by molar-refractivity contribution is 6.35. The molecular weight excluding hydrogens is 425 g/mol. The normalized spacial score (nSPS) is 11.1. The lowest BCUT2D eigenvalue weighted by molar-refractivity contribution is -0.130. The van der Waals surface area contributed by atoms with Crippen LogP contribution in [0.2, 0.25) is 10.0 Å². The average Bonchev–Trinajstić information content (AvgIpc) is 2.69. The van der Waals surface area contributed by atoms with E-state index in [0.717, 1.165) is 0 Å². The molecule has 1 aromatic heterocycles. The van der Waals surface area contributed by atoms with Crippen molar-refractivity contribution in [2.45, 2.75) is 19.4 Å². The molecule has 3 aromatic rings. The first kappa shape index (κ1) is 21.8. The fourth-order valence-corrected chi connectivity index (χ4v) is 3.06. The van der Waals surface area contributed by atoms with Crippen LogP contribution in [0.1, 0.15) is 24.2 Å². The summed E-state index contributed by atoms with van der Waals surface area (Å²) < 4.78 is 0. The molecule has 0 fully saturated rings. The maximum atomic E-state index is 12.7. The number of nitrogens with zero attached hydrogens (tertiary/aromatic N) is 1. The lowest BCUT2D eigenvalue weighted by Gasteiger charge is -2.17. The first-order valence-corrected chi connectivity index (χ1v) is 9.76. The zero-order chi connectivity index (χ0) is 21.9. The Kier molecular flexibility index (Phi) is 6.41. The second-order valence-electron chi connectivity index (χ2n) is 7.07. The fourth-order valence-electron chi connectivity index (χ4n) is 2.58. The number of anilines is 2. The van der Waals surface area contributed by atoms with E-state index in [0.29, 0.717) is 27.7 Å². The summed E-state index contributed by atoms with van der Waals surface area (Å²) in [4.78, 5) is 28.9. The van der Waals surface area contributed by atoms with Crippen LogP contribution in [0.3, 0.4) is 0 Å². The van der Waals surface area contributed by atoms with Gasteiger partial charge < -0.3 is 15.7 Å². The number of hydrogen-bond donors (Lipinski definition) is 3. The number of carbonyl (C=O) groups excluding carboxylic acids is 2. The zero-order valence-electron chi connectivity index (χ0n) is 16.2. The van der Waals surface area contributed by atoms with Crippen LogP contribution in [0.15, 0.2) is 60.8 Å². The topological polar surface area (TPSA) is 91.3 Å². The Labute approximate surface area is 183 Å². The Morgan fingerprint density at radius 3 is 2.27 bits per heavy atom. The molecule has 8 heteroatoms. The van der Waals surface area contributed by atoms with Crippen molar-refractivity contribution in [3.05, 3.63) is 76.4 Å². The predicted octanol–water partition coefficient (Wildman–Crippen LogP) is 5.02. The monoisotopic (exact) mass is 443 g/mol. The lowest BCUT2D eigenvalue weighted by Crippen LogP contribution is -2.36. The minimum absolute atomic E-state index is 0.153. The van der Waals surface area contributed by atoms with Gasteiger partial charge in [-0.25, -0.2) is 0 Å². The minimum Gasteiger partial charge on any atom is -0.381 e. The number of aromatic nitrogens is 1. The van der Waals surface area contributed by atoms with Crippen LogP contribution in [0.25, 0.3) is 11.3 Å². The molecule has 0 saturated heterocycles. The number of amides is 2. The molecule has 0 aliphatic carbocycles. The first-order valence-electron chi connectivity index (χ1n) is 9.01. The Hall–Kier alpha value is -2.93. The maximum absolute atomic E-state index is 12.7. The molecule has 0 spiro atoms. The summed E-state index contributed by atoms with van der Waals surface area (Å²) in [7, 11) is 0. The summed E-state index contributed by atoms with van der Waals surface area (Å²) in [5.41, 5.74) is 0.956. The number of pyridine rings is 1. The van der Waals surface area contributed by atoms with Gasteiger partial charge in [-0.3, -0.25) is 14.6 Å². The van der Waals surface area contributed by atoms with Crippen molar-refractivity contribution in [1.29, 1.82) is 0 Å². The Bertz CT molecular complexity index is 1100. The van der Waals surface area contributed by atoms with E-state index in [1.54, 1.807) is 30.5 Å². The third-order valence-electron chi connectivity index (χ3n) is 4.19. The van der Waals surface area contributed by atoms with E-state index in [4.69, 9.17) is 23.2 Å². The van der Waals surface area contributed by atoms with E-state index in [1.165, 1.54) is 32.0 Å². The van der Waals surface area contributed by atoms with Gasteiger partial charge in [-0.05, 0) is 62.4 Å². The van der Waals surface area contributed by atoms with Crippen LogP contribution in [0.4, 0.5) is 11.4 Å². The highest BCUT2D eigenvalue weighted by Crippen LogP contribution is 2.30. The second kappa shape index (κ2) is 8.83. The van der Waals surface area contributed by atoms with Crippen LogP contribution in [0.5, 0.6) is 0 Å². The van der Waals surface area contributed by atoms with Gasteiger partial charge >= 0.3 is 0 Å². The standard InChI is InChI=1S/C22H19Cl2N3O3/c1-22(2,30)21(29)27-14-6-8-15(18(24)12-14)20(28)26-13-7-9-17(23)16(11-13)19-5-3-4-10-25-19/h3-12,30H,1-2H3,(H,26,28)(H,27,29). The van der Waals surface area contributed by atoms with Gasteiger partial charge in [0.25, 0.3) is 11.8 Å². The summed E-state index contributed by atoms with van der Waals surface area (Å²) in [6.07, 6.45) is 1.66. The van der Waals surface area contributed by atoms with E-state index in [-0.39, 0.29) is 10.6 Å². The van der Waals surface area contributed by atoms with Gasteiger partial charge in [0, 0.05) is 23.1 Å². The molecule has 30 heavy (non-hydrogen) atoms. The van der Waals surface area contributed by atoms with Gasteiger partial charge in [-0.2, -0.15) is 0 Å². The zero-order valence-corrected chi connectivity index (χ0v) is 17.8. The van der Waals surface area contributed by atoms with Crippen LogP contribution >= 0.6 is 23.2 Å². The molecule has 0 aliphatic heterocycles. The summed E-state index contributed by atoms with van der Waals surface area (Å²) >= 11 is 12.5. The number of aliphatic hydroxyl groups is 1. The molecule has 0 bridgehead atoms. The molecule has 0 unspecified atom stereocenters. The van der Waals surface area contributed by atoms with Gasteiger partial charge in [-0.1, -0.05) is 29.3 Å². The third-order valence-corrected chi connectivity index (χ3v) is 4.83. The smallest absolute Gasteiger partial charge is 0.257 e. The number of rotatable bonds is 5. The minimum atomic E-state index is -1.54. The van der Waals surface area contributed by atoms with E-state index in [9.17, 15) is 14.7 Å². The summed E-state index contributed by atoms with van der Waals surface area (Å²) in [6.45, 7) is 2.74. The van der Waals surface area contributed by atoms with E-state index >= 15 is 0 Å². The number of halogens is 2. The SMILES string of the molecule is CC(C)(O)C(=O)Nc1ccc(C(=O)Nc2ccc(Cl)c(-c3ccccn3)c2)c(Cl)c1. The summed E-state index contributed by atoms with van der Waals surface area (Å²) in [6, 6.07) is 15.0. The van der Waals surface area contributed by atoms with Gasteiger partial charge in [-0.15, -0.1) is 0 Å². The average molecular weight is 444 g/mol. The molecule has 6 nitrogen and oxygen atoms in total. The highest BCUT2D eigenvalue weighted by atomic mass is 35.5. The van der Waals surface area contributed by atoms with Crippen LogP contribution in [0, 0.1) is 0 Å². The molecule has 1 heterocycles. The molecule has 0 saturated carbocycles. The summed E-state index contributed by atoms with van der Waals surface area (Å²) in [5, 5.41) is 15.7. The van der Waals surface area contributed by atoms with Crippen molar-refractivity contribution in [1.82, 2.24) is 4.98 Å². The van der Waals surface area contributed by atoms with Crippen molar-refractivity contribution in [2.75, 3.05) is 10.6 Å². The third kappa shape index (κ3) is 5.16.